The van der Waals surface area contributed by atoms with Crippen LogP contribution in [0, 0.1) is 6.92 Å². The van der Waals surface area contributed by atoms with Crippen LogP contribution in [-0.2, 0) is 9.53 Å². The van der Waals surface area contributed by atoms with Gasteiger partial charge in [0, 0.05) is 16.6 Å². The molecule has 5 heteroatoms. The maximum absolute atomic E-state index is 11.5. The minimum Gasteiger partial charge on any atom is -0.464 e. The van der Waals surface area contributed by atoms with Crippen molar-refractivity contribution < 1.29 is 14.6 Å². The van der Waals surface area contributed by atoms with Crippen LogP contribution in [0.1, 0.15) is 24.3 Å². The summed E-state index contributed by atoms with van der Waals surface area (Å²) in [5.41, 5.74) is 2.06. The number of carbonyl (C=O) groups excluding carboxylic acids is 1. The SMILES string of the molecule is CCOC(=O)C(O)c1cccc2n[nH]c(C)c12. The zero-order valence-electron chi connectivity index (χ0n) is 9.73. The van der Waals surface area contributed by atoms with Gasteiger partial charge in [-0.1, -0.05) is 12.1 Å². The smallest absolute Gasteiger partial charge is 0.339 e. The molecule has 0 radical (unpaired) electrons. The molecule has 17 heavy (non-hydrogen) atoms. The fourth-order valence-corrected chi connectivity index (χ4v) is 1.84. The lowest BCUT2D eigenvalue weighted by atomic mass is 10.0. The zero-order chi connectivity index (χ0) is 12.4. The lowest BCUT2D eigenvalue weighted by Gasteiger charge is -2.11. The molecule has 0 spiro atoms. The molecule has 0 aliphatic rings. The lowest BCUT2D eigenvalue weighted by Crippen LogP contribution is -2.15. The second-order valence-corrected chi connectivity index (χ2v) is 3.74. The van der Waals surface area contributed by atoms with Crippen LogP contribution in [0.5, 0.6) is 0 Å². The maximum Gasteiger partial charge on any atom is 0.339 e. The molecule has 1 aromatic heterocycles. The number of benzene rings is 1. The summed E-state index contributed by atoms with van der Waals surface area (Å²) in [6.45, 7) is 3.79. The third-order valence-electron chi connectivity index (χ3n) is 2.60. The number of aromatic amines is 1. The quantitative estimate of drug-likeness (QED) is 0.788. The van der Waals surface area contributed by atoms with Gasteiger partial charge in [-0.25, -0.2) is 4.79 Å². The van der Waals surface area contributed by atoms with Crippen molar-refractivity contribution in [2.24, 2.45) is 0 Å². The average Bonchev–Trinajstić information content (AvgIpc) is 2.71. The van der Waals surface area contributed by atoms with Crippen molar-refractivity contribution in [2.45, 2.75) is 20.0 Å². The topological polar surface area (TPSA) is 75.2 Å². The molecule has 0 aliphatic carbocycles. The van der Waals surface area contributed by atoms with E-state index in [1.165, 1.54) is 0 Å². The molecule has 1 heterocycles. The van der Waals surface area contributed by atoms with Crippen molar-refractivity contribution >= 4 is 16.9 Å². The van der Waals surface area contributed by atoms with Crippen LogP contribution in [0.3, 0.4) is 0 Å². The van der Waals surface area contributed by atoms with Gasteiger partial charge in [0.15, 0.2) is 6.10 Å². The van der Waals surface area contributed by atoms with Crippen LogP contribution in [0.25, 0.3) is 10.9 Å². The predicted octanol–water partition coefficient (Wildman–Crippen LogP) is 1.47. The summed E-state index contributed by atoms with van der Waals surface area (Å²) < 4.78 is 4.80. The highest BCUT2D eigenvalue weighted by molar-refractivity contribution is 5.89. The molecule has 0 saturated heterocycles. The first kappa shape index (κ1) is 11.6. The number of esters is 1. The van der Waals surface area contributed by atoms with Gasteiger partial charge in [0.25, 0.3) is 0 Å². The Balaban J connectivity index is 2.47. The van der Waals surface area contributed by atoms with Crippen molar-refractivity contribution in [3.8, 4) is 0 Å². The molecule has 1 atom stereocenters. The second kappa shape index (κ2) is 4.55. The average molecular weight is 234 g/mol. The molecule has 5 nitrogen and oxygen atoms in total. The summed E-state index contributed by atoms with van der Waals surface area (Å²) >= 11 is 0. The van der Waals surface area contributed by atoms with Gasteiger partial charge in [0.1, 0.15) is 0 Å². The van der Waals surface area contributed by atoms with E-state index in [1.807, 2.05) is 13.0 Å². The number of nitrogens with one attached hydrogen (secondary N) is 1. The Bertz CT molecular complexity index is 548. The van der Waals surface area contributed by atoms with Gasteiger partial charge in [-0.2, -0.15) is 5.10 Å². The standard InChI is InChI=1S/C12H14N2O3/c1-3-17-12(16)11(15)8-5-4-6-9-10(8)7(2)13-14-9/h4-6,11,15H,3H2,1-2H3,(H,13,14). The molecular formula is C12H14N2O3. The monoisotopic (exact) mass is 234 g/mol. The fourth-order valence-electron chi connectivity index (χ4n) is 1.84. The molecule has 0 aliphatic heterocycles. The molecule has 2 rings (SSSR count). The number of ether oxygens (including phenoxy) is 1. The molecule has 1 aromatic carbocycles. The van der Waals surface area contributed by atoms with E-state index in [0.717, 1.165) is 16.6 Å². The number of hydrogen-bond acceptors (Lipinski definition) is 4. The molecule has 0 saturated carbocycles. The Kier molecular flexibility index (Phi) is 3.10. The van der Waals surface area contributed by atoms with E-state index in [9.17, 15) is 9.90 Å². The maximum atomic E-state index is 11.5. The van der Waals surface area contributed by atoms with Gasteiger partial charge in [0.2, 0.25) is 0 Å². The number of aryl methyl sites for hydroxylation is 1. The van der Waals surface area contributed by atoms with E-state index in [0.29, 0.717) is 5.56 Å². The summed E-state index contributed by atoms with van der Waals surface area (Å²) in [6.07, 6.45) is -1.27. The van der Waals surface area contributed by atoms with Gasteiger partial charge in [-0.3, -0.25) is 5.10 Å². The largest absolute Gasteiger partial charge is 0.464 e. The molecule has 0 bridgehead atoms. The summed E-state index contributed by atoms with van der Waals surface area (Å²) in [7, 11) is 0. The van der Waals surface area contributed by atoms with E-state index in [1.54, 1.807) is 19.1 Å². The van der Waals surface area contributed by atoms with Gasteiger partial charge >= 0.3 is 5.97 Å². The fraction of sp³-hybridized carbons (Fsp3) is 0.333. The van der Waals surface area contributed by atoms with Crippen molar-refractivity contribution in [1.29, 1.82) is 0 Å². The molecule has 0 amide bonds. The highest BCUT2D eigenvalue weighted by Gasteiger charge is 2.22. The number of H-pyrrole nitrogens is 1. The van der Waals surface area contributed by atoms with Crippen LogP contribution < -0.4 is 0 Å². The lowest BCUT2D eigenvalue weighted by molar-refractivity contribution is -0.153. The highest BCUT2D eigenvalue weighted by Crippen LogP contribution is 2.26. The molecule has 90 valence electrons. The first-order valence-corrected chi connectivity index (χ1v) is 5.43. The van der Waals surface area contributed by atoms with E-state index in [-0.39, 0.29) is 6.61 Å². The molecule has 2 aromatic rings. The van der Waals surface area contributed by atoms with Crippen LogP contribution in [0.15, 0.2) is 18.2 Å². The van der Waals surface area contributed by atoms with E-state index in [4.69, 9.17) is 4.74 Å². The van der Waals surface area contributed by atoms with Crippen molar-refractivity contribution in [2.75, 3.05) is 6.61 Å². The Morgan fingerprint density at radius 3 is 3.06 bits per heavy atom. The number of hydrogen-bond donors (Lipinski definition) is 2. The third-order valence-corrected chi connectivity index (χ3v) is 2.60. The summed E-state index contributed by atoms with van der Waals surface area (Å²) in [5, 5.41) is 17.6. The van der Waals surface area contributed by atoms with Crippen molar-refractivity contribution in [3.63, 3.8) is 0 Å². The first-order chi connectivity index (χ1) is 8.15. The minimum absolute atomic E-state index is 0.246. The van der Waals surface area contributed by atoms with E-state index >= 15 is 0 Å². The number of nitrogens with zero attached hydrogens (tertiary/aromatic N) is 1. The Morgan fingerprint density at radius 2 is 2.35 bits per heavy atom. The Hall–Kier alpha value is -1.88. The number of rotatable bonds is 3. The van der Waals surface area contributed by atoms with Crippen molar-refractivity contribution in [1.82, 2.24) is 10.2 Å². The normalized spacial score (nSPS) is 12.6. The van der Waals surface area contributed by atoms with E-state index < -0.39 is 12.1 Å². The van der Waals surface area contributed by atoms with Gasteiger partial charge < -0.3 is 9.84 Å². The summed E-state index contributed by atoms with van der Waals surface area (Å²) in [4.78, 5) is 11.5. The third kappa shape index (κ3) is 2.01. The zero-order valence-corrected chi connectivity index (χ0v) is 9.73. The van der Waals surface area contributed by atoms with Crippen LogP contribution >= 0.6 is 0 Å². The molecule has 0 fully saturated rings. The number of aliphatic hydroxyl groups excluding tert-OH is 1. The van der Waals surface area contributed by atoms with E-state index in [2.05, 4.69) is 10.2 Å². The van der Waals surface area contributed by atoms with Gasteiger partial charge in [-0.05, 0) is 19.9 Å². The second-order valence-electron chi connectivity index (χ2n) is 3.74. The van der Waals surface area contributed by atoms with Crippen LogP contribution in [-0.4, -0.2) is 27.9 Å². The Labute approximate surface area is 98.4 Å². The first-order valence-electron chi connectivity index (χ1n) is 5.43. The summed E-state index contributed by atoms with van der Waals surface area (Å²) in [5.74, 6) is -0.638. The van der Waals surface area contributed by atoms with Crippen molar-refractivity contribution in [3.05, 3.63) is 29.5 Å². The number of carbonyl (C=O) groups is 1. The van der Waals surface area contributed by atoms with Gasteiger partial charge in [-0.15, -0.1) is 0 Å². The Morgan fingerprint density at radius 1 is 1.59 bits per heavy atom. The highest BCUT2D eigenvalue weighted by atomic mass is 16.5. The van der Waals surface area contributed by atoms with Gasteiger partial charge in [0.05, 0.1) is 12.1 Å². The van der Waals surface area contributed by atoms with Crippen LogP contribution in [0.2, 0.25) is 0 Å². The number of fused-ring (bicyclic) bond motifs is 1. The van der Waals surface area contributed by atoms with Crippen LogP contribution in [0.4, 0.5) is 0 Å². The molecule has 2 N–H and O–H groups in total. The molecular weight excluding hydrogens is 220 g/mol. The molecule has 1 unspecified atom stereocenters. The minimum atomic E-state index is -1.27. The predicted molar refractivity (Wildman–Crippen MR) is 62.4 cm³/mol. The summed E-state index contributed by atoms with van der Waals surface area (Å²) in [6, 6.07) is 5.27. The number of aliphatic hydroxyl groups is 1. The number of aromatic nitrogens is 2.